The van der Waals surface area contributed by atoms with Gasteiger partial charge in [-0.1, -0.05) is 25.1 Å². The largest absolute Gasteiger partial charge is 0.493 e. The van der Waals surface area contributed by atoms with Gasteiger partial charge in [0.2, 0.25) is 0 Å². The third kappa shape index (κ3) is 2.95. The van der Waals surface area contributed by atoms with E-state index in [0.717, 1.165) is 17.5 Å². The Morgan fingerprint density at radius 2 is 1.92 bits per heavy atom. The molecule has 0 spiro atoms. The molecule has 0 aliphatic carbocycles. The summed E-state index contributed by atoms with van der Waals surface area (Å²) in [5.74, 6) is -0.251. The van der Waals surface area contributed by atoms with Gasteiger partial charge in [0.1, 0.15) is 5.75 Å². The Morgan fingerprint density at radius 3 is 2.62 bits per heavy atom. The van der Waals surface area contributed by atoms with Crippen molar-refractivity contribution in [1.29, 1.82) is 0 Å². The number of carboxylic acids is 1. The molecule has 0 unspecified atom stereocenters. The summed E-state index contributed by atoms with van der Waals surface area (Å²) in [5.41, 5.74) is 3.43. The molecule has 0 amide bonds. The third-order valence-electron chi connectivity index (χ3n) is 3.97. The number of carboxylic acid groups (broad SMARTS) is 1. The van der Waals surface area contributed by atoms with Crippen LogP contribution in [0.5, 0.6) is 5.75 Å². The van der Waals surface area contributed by atoms with Gasteiger partial charge in [0, 0.05) is 10.9 Å². The van der Waals surface area contributed by atoms with Gasteiger partial charge in [0.15, 0.2) is 0 Å². The molecular weight excluding hydrogens is 302 g/mol. The molecule has 0 bridgehead atoms. The highest BCUT2D eigenvalue weighted by atomic mass is 16.5. The lowest BCUT2D eigenvalue weighted by Gasteiger charge is -2.12. The first-order chi connectivity index (χ1) is 11.6. The number of para-hydroxylation sites is 1. The summed E-state index contributed by atoms with van der Waals surface area (Å²) >= 11 is 0. The van der Waals surface area contributed by atoms with Gasteiger partial charge in [0.05, 0.1) is 23.4 Å². The van der Waals surface area contributed by atoms with E-state index < -0.39 is 5.97 Å². The number of fused-ring (bicyclic) bond motifs is 1. The lowest BCUT2D eigenvalue weighted by atomic mass is 10.0. The second-order valence-corrected chi connectivity index (χ2v) is 5.49. The molecular formula is C20H19NO3. The number of pyridine rings is 1. The summed E-state index contributed by atoms with van der Waals surface area (Å²) < 4.78 is 5.65. The van der Waals surface area contributed by atoms with Gasteiger partial charge in [-0.15, -0.1) is 0 Å². The van der Waals surface area contributed by atoms with Gasteiger partial charge in [-0.25, -0.2) is 9.78 Å². The van der Waals surface area contributed by atoms with Crippen LogP contribution in [0.25, 0.3) is 22.2 Å². The van der Waals surface area contributed by atoms with E-state index in [2.05, 4.69) is 4.98 Å². The zero-order chi connectivity index (χ0) is 17.1. The van der Waals surface area contributed by atoms with E-state index in [1.807, 2.05) is 56.3 Å². The molecule has 1 heterocycles. The Balaban J connectivity index is 2.25. The molecule has 0 fully saturated rings. The molecule has 0 atom stereocenters. The van der Waals surface area contributed by atoms with Crippen LogP contribution in [0, 0.1) is 0 Å². The fourth-order valence-corrected chi connectivity index (χ4v) is 2.77. The van der Waals surface area contributed by atoms with Crippen LogP contribution in [0.1, 0.15) is 29.8 Å². The van der Waals surface area contributed by atoms with Gasteiger partial charge < -0.3 is 9.84 Å². The van der Waals surface area contributed by atoms with Crippen molar-refractivity contribution in [3.63, 3.8) is 0 Å². The Bertz CT molecular complexity index is 903. The fourth-order valence-electron chi connectivity index (χ4n) is 2.77. The smallest absolute Gasteiger partial charge is 0.336 e. The summed E-state index contributed by atoms with van der Waals surface area (Å²) in [7, 11) is 0. The van der Waals surface area contributed by atoms with Crippen LogP contribution < -0.4 is 4.74 Å². The number of aromatic carboxylic acids is 1. The van der Waals surface area contributed by atoms with Crippen molar-refractivity contribution in [1.82, 2.24) is 4.98 Å². The van der Waals surface area contributed by atoms with Crippen molar-refractivity contribution < 1.29 is 14.6 Å². The molecule has 0 aliphatic rings. The predicted octanol–water partition coefficient (Wildman–Crippen LogP) is 4.56. The summed E-state index contributed by atoms with van der Waals surface area (Å²) in [4.78, 5) is 16.4. The van der Waals surface area contributed by atoms with Gasteiger partial charge >= 0.3 is 5.97 Å². The zero-order valence-electron chi connectivity index (χ0n) is 13.7. The first-order valence-electron chi connectivity index (χ1n) is 8.03. The number of hydrogen-bond acceptors (Lipinski definition) is 3. The average molecular weight is 321 g/mol. The molecule has 0 saturated carbocycles. The second kappa shape index (κ2) is 6.71. The molecule has 122 valence electrons. The zero-order valence-corrected chi connectivity index (χ0v) is 13.7. The molecule has 0 saturated heterocycles. The van der Waals surface area contributed by atoms with Crippen LogP contribution in [0.3, 0.4) is 0 Å². The highest BCUT2D eigenvalue weighted by Crippen LogP contribution is 2.32. The van der Waals surface area contributed by atoms with Crippen LogP contribution in [0.2, 0.25) is 0 Å². The van der Waals surface area contributed by atoms with E-state index in [1.165, 1.54) is 0 Å². The average Bonchev–Trinajstić information content (AvgIpc) is 2.61. The minimum absolute atomic E-state index is 0.261. The minimum atomic E-state index is -0.953. The molecule has 24 heavy (non-hydrogen) atoms. The highest BCUT2D eigenvalue weighted by Gasteiger charge is 2.15. The first-order valence-corrected chi connectivity index (χ1v) is 8.03. The molecule has 4 heteroatoms. The normalized spacial score (nSPS) is 10.8. The number of benzene rings is 2. The standard InChI is InChI=1S/C20H19NO3/c1-3-13-9-10-17-15(11-13)16(20(22)23)12-18(21-17)14-7-5-6-8-19(14)24-4-2/h5-12H,3-4H2,1-2H3,(H,22,23). The summed E-state index contributed by atoms with van der Waals surface area (Å²) in [6.45, 7) is 4.50. The van der Waals surface area contributed by atoms with E-state index in [9.17, 15) is 9.90 Å². The molecule has 3 rings (SSSR count). The summed E-state index contributed by atoms with van der Waals surface area (Å²) in [5, 5.41) is 10.3. The number of ether oxygens (including phenoxy) is 1. The predicted molar refractivity (Wildman–Crippen MR) is 94.7 cm³/mol. The van der Waals surface area contributed by atoms with Crippen LogP contribution >= 0.6 is 0 Å². The van der Waals surface area contributed by atoms with Crippen molar-refractivity contribution >= 4 is 16.9 Å². The van der Waals surface area contributed by atoms with Gasteiger partial charge in [-0.3, -0.25) is 0 Å². The Labute approximate surface area is 140 Å². The molecule has 4 nitrogen and oxygen atoms in total. The van der Waals surface area contributed by atoms with Gasteiger partial charge in [0.25, 0.3) is 0 Å². The molecule has 1 aromatic heterocycles. The first kappa shape index (κ1) is 16.0. The Morgan fingerprint density at radius 1 is 1.12 bits per heavy atom. The molecule has 3 aromatic rings. The van der Waals surface area contributed by atoms with E-state index in [-0.39, 0.29) is 5.56 Å². The number of aryl methyl sites for hydroxylation is 1. The topological polar surface area (TPSA) is 59.4 Å². The maximum atomic E-state index is 11.7. The molecule has 0 radical (unpaired) electrons. The van der Waals surface area contributed by atoms with Crippen molar-refractivity contribution in [2.45, 2.75) is 20.3 Å². The third-order valence-corrected chi connectivity index (χ3v) is 3.97. The van der Waals surface area contributed by atoms with Gasteiger partial charge in [-0.2, -0.15) is 0 Å². The van der Waals surface area contributed by atoms with Crippen molar-refractivity contribution in [2.75, 3.05) is 6.61 Å². The van der Waals surface area contributed by atoms with Crippen LogP contribution in [0.15, 0.2) is 48.5 Å². The van der Waals surface area contributed by atoms with E-state index >= 15 is 0 Å². The maximum absolute atomic E-state index is 11.7. The van der Waals surface area contributed by atoms with E-state index in [4.69, 9.17) is 4.74 Å². The summed E-state index contributed by atoms with van der Waals surface area (Å²) in [6, 6.07) is 14.9. The number of carbonyl (C=O) groups is 1. The van der Waals surface area contributed by atoms with Crippen LogP contribution in [-0.2, 0) is 6.42 Å². The number of aromatic nitrogens is 1. The molecule has 1 N–H and O–H groups in total. The van der Waals surface area contributed by atoms with Crippen molar-refractivity contribution in [3.05, 3.63) is 59.7 Å². The SMILES string of the molecule is CCOc1ccccc1-c1cc(C(=O)O)c2cc(CC)ccc2n1. The van der Waals surface area contributed by atoms with Crippen molar-refractivity contribution in [2.24, 2.45) is 0 Å². The van der Waals surface area contributed by atoms with E-state index in [1.54, 1.807) is 6.07 Å². The number of nitrogens with zero attached hydrogens (tertiary/aromatic N) is 1. The highest BCUT2D eigenvalue weighted by molar-refractivity contribution is 6.04. The quantitative estimate of drug-likeness (QED) is 0.748. The lowest BCUT2D eigenvalue weighted by Crippen LogP contribution is -2.02. The molecule has 2 aromatic carbocycles. The van der Waals surface area contributed by atoms with Gasteiger partial charge in [-0.05, 0) is 49.2 Å². The molecule has 0 aliphatic heterocycles. The van der Waals surface area contributed by atoms with Crippen molar-refractivity contribution in [3.8, 4) is 17.0 Å². The summed E-state index contributed by atoms with van der Waals surface area (Å²) in [6.07, 6.45) is 0.851. The fraction of sp³-hybridized carbons (Fsp3) is 0.200. The Hall–Kier alpha value is -2.88. The van der Waals surface area contributed by atoms with Crippen LogP contribution in [0.4, 0.5) is 0 Å². The lowest BCUT2D eigenvalue weighted by molar-refractivity contribution is 0.0699. The maximum Gasteiger partial charge on any atom is 0.336 e. The minimum Gasteiger partial charge on any atom is -0.493 e. The number of hydrogen-bond donors (Lipinski definition) is 1. The van der Waals surface area contributed by atoms with E-state index in [0.29, 0.717) is 29.0 Å². The van der Waals surface area contributed by atoms with Crippen LogP contribution in [-0.4, -0.2) is 22.7 Å². The Kier molecular flexibility index (Phi) is 4.47. The monoisotopic (exact) mass is 321 g/mol. The number of rotatable bonds is 5. The second-order valence-electron chi connectivity index (χ2n) is 5.49.